The molecule has 4 nitrogen and oxygen atoms in total. The highest BCUT2D eigenvalue weighted by Gasteiger charge is 2.25. The lowest BCUT2D eigenvalue weighted by Gasteiger charge is -2.15. The second kappa shape index (κ2) is 5.82. The molecule has 0 heterocycles. The minimum absolute atomic E-state index is 0.0312. The molecule has 15 heavy (non-hydrogen) atoms. The van der Waals surface area contributed by atoms with Crippen LogP contribution in [0.5, 0.6) is 0 Å². The molecule has 0 saturated heterocycles. The minimum atomic E-state index is -3.04. The van der Waals surface area contributed by atoms with Crippen molar-refractivity contribution in [3.05, 3.63) is 0 Å². The highest BCUT2D eigenvalue weighted by atomic mass is 32.2. The Morgan fingerprint density at radius 3 is 2.20 bits per heavy atom. The van der Waals surface area contributed by atoms with Gasteiger partial charge in [0.05, 0.1) is 5.75 Å². The number of sulfone groups is 1. The first-order chi connectivity index (χ1) is 7.07. The van der Waals surface area contributed by atoms with Crippen molar-refractivity contribution in [1.29, 1.82) is 0 Å². The van der Waals surface area contributed by atoms with Crippen LogP contribution in [0.2, 0.25) is 0 Å². The van der Waals surface area contributed by atoms with Crippen molar-refractivity contribution in [3.63, 3.8) is 0 Å². The SMILES string of the molecule is COC(CS(=O)(=O)CC1CCCC1)OC. The molecule has 0 bridgehead atoms. The van der Waals surface area contributed by atoms with Gasteiger partial charge in [-0.2, -0.15) is 0 Å². The Kier molecular flexibility index (Phi) is 5.02. The molecule has 0 aromatic rings. The van der Waals surface area contributed by atoms with E-state index in [0.717, 1.165) is 25.7 Å². The zero-order chi connectivity index (χ0) is 11.3. The van der Waals surface area contributed by atoms with Crippen LogP contribution in [0.4, 0.5) is 0 Å². The average Bonchev–Trinajstić information content (AvgIpc) is 2.66. The third kappa shape index (κ3) is 4.49. The van der Waals surface area contributed by atoms with Crippen LogP contribution in [0.25, 0.3) is 0 Å². The molecule has 1 saturated carbocycles. The van der Waals surface area contributed by atoms with E-state index in [1.165, 1.54) is 14.2 Å². The Bertz CT molecular complexity index is 253. The number of ether oxygens (including phenoxy) is 2. The largest absolute Gasteiger partial charge is 0.355 e. The third-order valence-corrected chi connectivity index (χ3v) is 4.64. The maximum absolute atomic E-state index is 11.8. The summed E-state index contributed by atoms with van der Waals surface area (Å²) in [6.07, 6.45) is 3.79. The minimum Gasteiger partial charge on any atom is -0.355 e. The topological polar surface area (TPSA) is 52.6 Å². The van der Waals surface area contributed by atoms with Crippen LogP contribution in [0.1, 0.15) is 25.7 Å². The van der Waals surface area contributed by atoms with E-state index in [9.17, 15) is 8.42 Å². The van der Waals surface area contributed by atoms with Gasteiger partial charge in [-0.05, 0) is 18.8 Å². The van der Waals surface area contributed by atoms with Crippen molar-refractivity contribution in [2.75, 3.05) is 25.7 Å². The summed E-state index contributed by atoms with van der Waals surface area (Å²) in [7, 11) is -0.123. The van der Waals surface area contributed by atoms with Crippen LogP contribution < -0.4 is 0 Å². The number of rotatable bonds is 6. The van der Waals surface area contributed by atoms with Gasteiger partial charge in [0.25, 0.3) is 0 Å². The summed E-state index contributed by atoms with van der Waals surface area (Å²) in [4.78, 5) is 0. The van der Waals surface area contributed by atoms with E-state index in [1.807, 2.05) is 0 Å². The van der Waals surface area contributed by atoms with E-state index in [0.29, 0.717) is 5.92 Å². The Morgan fingerprint density at radius 1 is 1.20 bits per heavy atom. The van der Waals surface area contributed by atoms with Crippen molar-refractivity contribution in [2.24, 2.45) is 5.92 Å². The molecule has 0 amide bonds. The summed E-state index contributed by atoms with van der Waals surface area (Å²) in [5, 5.41) is 0. The third-order valence-electron chi connectivity index (χ3n) is 2.88. The lowest BCUT2D eigenvalue weighted by Crippen LogP contribution is -2.28. The molecule has 0 atom stereocenters. The summed E-state index contributed by atoms with van der Waals surface area (Å²) in [5.74, 6) is 0.608. The molecule has 5 heteroatoms. The van der Waals surface area contributed by atoms with Gasteiger partial charge in [-0.15, -0.1) is 0 Å². The van der Waals surface area contributed by atoms with Crippen LogP contribution in [-0.4, -0.2) is 40.4 Å². The fourth-order valence-corrected chi connectivity index (χ4v) is 3.92. The van der Waals surface area contributed by atoms with Gasteiger partial charge in [0.15, 0.2) is 16.1 Å². The molecule has 0 N–H and O–H groups in total. The maximum Gasteiger partial charge on any atom is 0.170 e. The van der Waals surface area contributed by atoms with Crippen LogP contribution >= 0.6 is 0 Å². The monoisotopic (exact) mass is 236 g/mol. The Labute approximate surface area is 91.9 Å². The highest BCUT2D eigenvalue weighted by molar-refractivity contribution is 7.91. The molecular formula is C10H20O4S. The second-order valence-corrected chi connectivity index (χ2v) is 6.28. The van der Waals surface area contributed by atoms with Gasteiger partial charge in [-0.3, -0.25) is 0 Å². The number of methoxy groups -OCH3 is 2. The Balaban J connectivity index is 2.43. The normalized spacial score (nSPS) is 18.9. The van der Waals surface area contributed by atoms with E-state index >= 15 is 0 Å². The van der Waals surface area contributed by atoms with E-state index < -0.39 is 16.1 Å². The van der Waals surface area contributed by atoms with Gasteiger partial charge in [0.1, 0.15) is 5.75 Å². The van der Waals surface area contributed by atoms with Gasteiger partial charge in [-0.25, -0.2) is 8.42 Å². The van der Waals surface area contributed by atoms with Gasteiger partial charge in [-0.1, -0.05) is 12.8 Å². The average molecular weight is 236 g/mol. The maximum atomic E-state index is 11.8. The molecule has 1 fully saturated rings. The molecule has 0 radical (unpaired) electrons. The van der Waals surface area contributed by atoms with E-state index in [2.05, 4.69) is 0 Å². The summed E-state index contributed by atoms with van der Waals surface area (Å²) < 4.78 is 33.3. The lowest BCUT2D eigenvalue weighted by atomic mass is 10.1. The first kappa shape index (κ1) is 12.9. The molecule has 0 unspecified atom stereocenters. The quantitative estimate of drug-likeness (QED) is 0.650. The van der Waals surface area contributed by atoms with Crippen LogP contribution in [0.15, 0.2) is 0 Å². The standard InChI is InChI=1S/C10H20O4S/c1-13-10(14-2)8-15(11,12)7-9-5-3-4-6-9/h9-10H,3-8H2,1-2H3. The summed E-state index contributed by atoms with van der Waals surface area (Å²) in [5.41, 5.74) is 0. The van der Waals surface area contributed by atoms with Crippen molar-refractivity contribution in [3.8, 4) is 0 Å². The van der Waals surface area contributed by atoms with E-state index in [1.54, 1.807) is 0 Å². The molecule has 0 aliphatic heterocycles. The van der Waals surface area contributed by atoms with Gasteiger partial charge >= 0.3 is 0 Å². The lowest BCUT2D eigenvalue weighted by molar-refractivity contribution is -0.0852. The fourth-order valence-electron chi connectivity index (χ4n) is 2.04. The zero-order valence-corrected chi connectivity index (χ0v) is 10.3. The smallest absolute Gasteiger partial charge is 0.170 e. The van der Waals surface area contributed by atoms with Crippen molar-refractivity contribution < 1.29 is 17.9 Å². The summed E-state index contributed by atoms with van der Waals surface area (Å²) in [6, 6.07) is 0. The molecule has 0 aromatic heterocycles. The van der Waals surface area contributed by atoms with E-state index in [-0.39, 0.29) is 11.5 Å². The van der Waals surface area contributed by atoms with Crippen LogP contribution in [0.3, 0.4) is 0 Å². The van der Waals surface area contributed by atoms with Crippen LogP contribution in [0, 0.1) is 5.92 Å². The molecule has 90 valence electrons. The predicted octanol–water partition coefficient (Wildman–Crippen LogP) is 1.21. The zero-order valence-electron chi connectivity index (χ0n) is 9.44. The highest BCUT2D eigenvalue weighted by Crippen LogP contribution is 2.26. The molecule has 1 aliphatic carbocycles. The van der Waals surface area contributed by atoms with Crippen molar-refractivity contribution in [2.45, 2.75) is 32.0 Å². The van der Waals surface area contributed by atoms with Crippen molar-refractivity contribution in [1.82, 2.24) is 0 Å². The molecule has 0 aromatic carbocycles. The first-order valence-electron chi connectivity index (χ1n) is 5.33. The first-order valence-corrected chi connectivity index (χ1v) is 7.15. The van der Waals surface area contributed by atoms with Gasteiger partial charge < -0.3 is 9.47 Å². The number of hydrogen-bond acceptors (Lipinski definition) is 4. The summed E-state index contributed by atoms with van der Waals surface area (Å²) >= 11 is 0. The van der Waals surface area contributed by atoms with Crippen molar-refractivity contribution >= 4 is 9.84 Å². The van der Waals surface area contributed by atoms with Gasteiger partial charge in [0.2, 0.25) is 0 Å². The Morgan fingerprint density at radius 2 is 1.73 bits per heavy atom. The van der Waals surface area contributed by atoms with Gasteiger partial charge in [0, 0.05) is 14.2 Å². The molecular weight excluding hydrogens is 216 g/mol. The number of hydrogen-bond donors (Lipinski definition) is 0. The fraction of sp³-hybridized carbons (Fsp3) is 1.00. The van der Waals surface area contributed by atoms with E-state index in [4.69, 9.17) is 9.47 Å². The molecule has 1 aliphatic rings. The molecule has 0 spiro atoms. The summed E-state index contributed by atoms with van der Waals surface area (Å²) in [6.45, 7) is 0. The second-order valence-electron chi connectivity index (χ2n) is 4.13. The molecule has 1 rings (SSSR count). The Hall–Kier alpha value is -0.130. The van der Waals surface area contributed by atoms with Crippen LogP contribution in [-0.2, 0) is 19.3 Å². The predicted molar refractivity (Wildman–Crippen MR) is 58.4 cm³/mol.